The first-order valence-electron chi connectivity index (χ1n) is 12.3. The van der Waals surface area contributed by atoms with Gasteiger partial charge in [-0.05, 0) is 59.4 Å². The zero-order valence-electron chi connectivity index (χ0n) is 21.0. The van der Waals surface area contributed by atoms with Gasteiger partial charge in [0.2, 0.25) is 0 Å². The van der Waals surface area contributed by atoms with E-state index in [2.05, 4.69) is 45.0 Å². The van der Waals surface area contributed by atoms with Gasteiger partial charge in [0.05, 0.1) is 6.42 Å². The van der Waals surface area contributed by atoms with Crippen LogP contribution in [0.1, 0.15) is 65.7 Å². The second-order valence-electron chi connectivity index (χ2n) is 10.1. The third-order valence-electron chi connectivity index (χ3n) is 6.65. The molecular formula is C30H32ClNO4. The fraction of sp³-hybridized carbons (Fsp3) is 0.333. The molecule has 1 aliphatic heterocycles. The second kappa shape index (κ2) is 10.8. The minimum atomic E-state index is -0.952. The number of carbonyl (C=O) groups excluding carboxylic acids is 1. The summed E-state index contributed by atoms with van der Waals surface area (Å²) < 4.78 is 6.34. The van der Waals surface area contributed by atoms with Gasteiger partial charge in [0.1, 0.15) is 11.4 Å². The Balaban J connectivity index is 1.51. The molecule has 1 aliphatic rings. The minimum absolute atomic E-state index is 0.0943. The number of benzene rings is 3. The van der Waals surface area contributed by atoms with Crippen molar-refractivity contribution in [3.05, 3.63) is 99.6 Å². The maximum Gasteiger partial charge on any atom is 0.305 e. The van der Waals surface area contributed by atoms with E-state index in [1.54, 1.807) is 17.0 Å². The van der Waals surface area contributed by atoms with Crippen LogP contribution in [0.25, 0.3) is 0 Å². The van der Waals surface area contributed by atoms with Gasteiger partial charge >= 0.3 is 5.97 Å². The summed E-state index contributed by atoms with van der Waals surface area (Å²) in [4.78, 5) is 26.2. The number of nitrogens with zero attached hydrogens (tertiary/aromatic N) is 1. The summed E-state index contributed by atoms with van der Waals surface area (Å²) >= 11 is 6.31. The summed E-state index contributed by atoms with van der Waals surface area (Å²) in [5, 5.41) is 9.75. The predicted octanol–water partition coefficient (Wildman–Crippen LogP) is 6.52. The Morgan fingerprint density at radius 2 is 1.81 bits per heavy atom. The third-order valence-corrected chi connectivity index (χ3v) is 7.02. The number of halogens is 1. The molecule has 0 bridgehead atoms. The van der Waals surface area contributed by atoms with Gasteiger partial charge in [0.15, 0.2) is 0 Å². The van der Waals surface area contributed by atoms with Gasteiger partial charge in [-0.25, -0.2) is 0 Å². The lowest BCUT2D eigenvalue weighted by atomic mass is 9.90. The van der Waals surface area contributed by atoms with Gasteiger partial charge in [-0.15, -0.1) is 0 Å². The molecule has 0 fully saturated rings. The highest BCUT2D eigenvalue weighted by atomic mass is 35.5. The average molecular weight is 506 g/mol. The molecule has 0 saturated carbocycles. The first kappa shape index (κ1) is 25.8. The van der Waals surface area contributed by atoms with E-state index < -0.39 is 11.6 Å². The molecule has 0 spiro atoms. The molecule has 0 saturated heterocycles. The highest BCUT2D eigenvalue weighted by Gasteiger charge is 2.35. The zero-order chi connectivity index (χ0) is 25.9. The number of amides is 1. The Kier molecular flexibility index (Phi) is 7.70. The number of rotatable bonds is 9. The molecular weight excluding hydrogens is 474 g/mol. The van der Waals surface area contributed by atoms with Crippen molar-refractivity contribution in [1.29, 1.82) is 0 Å². The molecule has 1 amide bonds. The minimum Gasteiger partial charge on any atom is -0.487 e. The summed E-state index contributed by atoms with van der Waals surface area (Å²) in [7, 11) is 0. The van der Waals surface area contributed by atoms with Crippen LogP contribution in [0.4, 0.5) is 0 Å². The van der Waals surface area contributed by atoms with Crippen molar-refractivity contribution >= 4 is 23.5 Å². The van der Waals surface area contributed by atoms with Crippen LogP contribution in [0.2, 0.25) is 5.02 Å². The van der Waals surface area contributed by atoms with Crippen molar-refractivity contribution in [2.75, 3.05) is 6.54 Å². The molecule has 188 valence electrons. The van der Waals surface area contributed by atoms with Crippen molar-refractivity contribution in [1.82, 2.24) is 4.90 Å². The van der Waals surface area contributed by atoms with Gasteiger partial charge in [-0.2, -0.15) is 0 Å². The lowest BCUT2D eigenvalue weighted by Gasteiger charge is -2.24. The van der Waals surface area contributed by atoms with Crippen molar-refractivity contribution in [2.24, 2.45) is 0 Å². The Hall–Kier alpha value is -3.31. The van der Waals surface area contributed by atoms with Crippen molar-refractivity contribution in [3.63, 3.8) is 0 Å². The van der Waals surface area contributed by atoms with E-state index in [9.17, 15) is 14.7 Å². The number of ether oxygens (including phenoxy) is 1. The van der Waals surface area contributed by atoms with Gasteiger partial charge < -0.3 is 14.7 Å². The van der Waals surface area contributed by atoms with Crippen LogP contribution < -0.4 is 4.74 Å². The molecule has 0 aromatic heterocycles. The third kappa shape index (κ3) is 6.08. The summed E-state index contributed by atoms with van der Waals surface area (Å²) in [6.45, 7) is 6.80. The maximum atomic E-state index is 13.5. The van der Waals surface area contributed by atoms with Crippen LogP contribution >= 0.6 is 11.6 Å². The summed E-state index contributed by atoms with van der Waals surface area (Å²) in [5.41, 5.74) is 4.40. The van der Waals surface area contributed by atoms with Gasteiger partial charge in [0, 0.05) is 36.5 Å². The van der Waals surface area contributed by atoms with Crippen LogP contribution in [0.15, 0.2) is 66.7 Å². The first-order chi connectivity index (χ1) is 17.1. The monoisotopic (exact) mass is 505 g/mol. The van der Waals surface area contributed by atoms with Crippen molar-refractivity contribution < 1.29 is 19.4 Å². The van der Waals surface area contributed by atoms with E-state index >= 15 is 0 Å². The molecule has 0 unspecified atom stereocenters. The standard InChI is InChI=1S/C30H32ClNO4/c1-20(2)22-10-8-21(9-11-22)17-30(3)18-25-16-23(12-13-27(25)36-30)29(35)32(15-14-28(33)34)19-24-6-4-5-7-26(24)31/h4-13,16,20H,14-15,17-19H2,1-3H3,(H,33,34)/t30-/m1/s1. The Morgan fingerprint density at radius 1 is 1.08 bits per heavy atom. The fourth-order valence-electron chi connectivity index (χ4n) is 4.70. The number of hydrogen-bond acceptors (Lipinski definition) is 3. The molecule has 0 aliphatic carbocycles. The van der Waals surface area contributed by atoms with Crippen LogP contribution in [0, 0.1) is 0 Å². The Bertz CT molecular complexity index is 1250. The van der Waals surface area contributed by atoms with Crippen LogP contribution in [0.3, 0.4) is 0 Å². The van der Waals surface area contributed by atoms with Crippen molar-refractivity contribution in [2.45, 2.75) is 58.1 Å². The topological polar surface area (TPSA) is 66.8 Å². The molecule has 6 heteroatoms. The Labute approximate surface area is 217 Å². The molecule has 4 rings (SSSR count). The van der Waals surface area contributed by atoms with Gasteiger partial charge in [-0.1, -0.05) is 67.9 Å². The number of carboxylic acid groups (broad SMARTS) is 1. The largest absolute Gasteiger partial charge is 0.487 e. The molecule has 3 aromatic rings. The molecule has 1 N–H and O–H groups in total. The number of fused-ring (bicyclic) bond motifs is 1. The molecule has 0 radical (unpaired) electrons. The average Bonchev–Trinajstić information content (AvgIpc) is 3.17. The van der Waals surface area contributed by atoms with Gasteiger partial charge in [-0.3, -0.25) is 9.59 Å². The Morgan fingerprint density at radius 3 is 2.47 bits per heavy atom. The molecule has 1 atom stereocenters. The van der Waals surface area contributed by atoms with Crippen LogP contribution in [-0.2, 0) is 24.2 Å². The quantitative estimate of drug-likeness (QED) is 0.359. The smallest absolute Gasteiger partial charge is 0.305 e. The predicted molar refractivity (Wildman–Crippen MR) is 142 cm³/mol. The fourth-order valence-corrected chi connectivity index (χ4v) is 4.90. The normalized spacial score (nSPS) is 16.5. The van der Waals surface area contributed by atoms with Crippen LogP contribution in [-0.4, -0.2) is 34.0 Å². The molecule has 3 aromatic carbocycles. The van der Waals surface area contributed by atoms with E-state index in [4.69, 9.17) is 16.3 Å². The molecule has 36 heavy (non-hydrogen) atoms. The van der Waals surface area contributed by atoms with E-state index in [0.29, 0.717) is 22.9 Å². The lowest BCUT2D eigenvalue weighted by molar-refractivity contribution is -0.137. The van der Waals surface area contributed by atoms with E-state index in [1.807, 2.05) is 30.3 Å². The SMILES string of the molecule is CC(C)c1ccc(C[C@]2(C)Cc3cc(C(=O)N(CCC(=O)O)Cc4ccccc4Cl)ccc3O2)cc1. The first-order valence-corrected chi connectivity index (χ1v) is 12.7. The highest BCUT2D eigenvalue weighted by molar-refractivity contribution is 6.31. The maximum absolute atomic E-state index is 13.5. The number of carbonyl (C=O) groups is 2. The number of hydrogen-bond donors (Lipinski definition) is 1. The van der Waals surface area contributed by atoms with Crippen LogP contribution in [0.5, 0.6) is 5.75 Å². The highest BCUT2D eigenvalue weighted by Crippen LogP contribution is 2.38. The van der Waals surface area contributed by atoms with Crippen molar-refractivity contribution in [3.8, 4) is 5.75 Å². The zero-order valence-corrected chi connectivity index (χ0v) is 21.7. The molecule has 5 nitrogen and oxygen atoms in total. The summed E-state index contributed by atoms with van der Waals surface area (Å²) in [6, 6.07) is 21.4. The number of aliphatic carboxylic acids is 1. The number of carboxylic acids is 1. The summed E-state index contributed by atoms with van der Waals surface area (Å²) in [6.07, 6.45) is 1.31. The van der Waals surface area contributed by atoms with Gasteiger partial charge in [0.25, 0.3) is 5.91 Å². The molecule has 1 heterocycles. The second-order valence-corrected chi connectivity index (χ2v) is 10.5. The summed E-state index contributed by atoms with van der Waals surface area (Å²) in [5.74, 6) is 0.102. The van der Waals surface area contributed by atoms with E-state index in [1.165, 1.54) is 11.1 Å². The van der Waals surface area contributed by atoms with E-state index in [-0.39, 0.29) is 25.4 Å². The lowest BCUT2D eigenvalue weighted by Crippen LogP contribution is -2.33. The van der Waals surface area contributed by atoms with E-state index in [0.717, 1.165) is 23.3 Å².